The lowest BCUT2D eigenvalue weighted by Gasteiger charge is -2.04. The van der Waals surface area contributed by atoms with Crippen molar-refractivity contribution in [1.82, 2.24) is 0 Å². The van der Waals surface area contributed by atoms with Crippen LogP contribution in [0, 0.1) is 17.0 Å². The Morgan fingerprint density at radius 1 is 1.57 bits per heavy atom. The number of nitro benzene ring substituents is 1. The van der Waals surface area contributed by atoms with E-state index in [0.29, 0.717) is 17.7 Å². The molecular weight excluding hydrogens is 250 g/mol. The smallest absolute Gasteiger partial charge is 0.311 e. The summed E-state index contributed by atoms with van der Waals surface area (Å²) < 4.78 is 5.21. The Bertz CT molecular complexity index is 341. The Kier molecular flexibility index (Phi) is 3.88. The SMILES string of the molecule is Cc1ccc(OCCBr)c([N+](=O)[O-])c1. The Labute approximate surface area is 90.2 Å². The number of hydrogen-bond acceptors (Lipinski definition) is 3. The summed E-state index contributed by atoms with van der Waals surface area (Å²) in [4.78, 5) is 10.2. The molecule has 0 heterocycles. The van der Waals surface area contributed by atoms with Gasteiger partial charge in [-0.05, 0) is 18.6 Å². The van der Waals surface area contributed by atoms with Crippen LogP contribution in [0.5, 0.6) is 5.75 Å². The van der Waals surface area contributed by atoms with E-state index in [4.69, 9.17) is 4.74 Å². The standard InChI is InChI=1S/C9H10BrNO3/c1-7-2-3-9(14-5-4-10)8(6-7)11(12)13/h2-3,6H,4-5H2,1H3. The van der Waals surface area contributed by atoms with Crippen molar-refractivity contribution in [2.45, 2.75) is 6.92 Å². The first-order chi connectivity index (χ1) is 6.65. The molecule has 1 rings (SSSR count). The summed E-state index contributed by atoms with van der Waals surface area (Å²) in [6.45, 7) is 2.23. The molecule has 1 aromatic rings. The second kappa shape index (κ2) is 4.95. The molecule has 0 bridgehead atoms. The molecule has 0 aliphatic carbocycles. The van der Waals surface area contributed by atoms with Gasteiger partial charge in [-0.1, -0.05) is 22.0 Å². The number of rotatable bonds is 4. The van der Waals surface area contributed by atoms with Crippen LogP contribution < -0.4 is 4.74 Å². The van der Waals surface area contributed by atoms with Gasteiger partial charge in [0.2, 0.25) is 0 Å². The molecule has 4 nitrogen and oxygen atoms in total. The van der Waals surface area contributed by atoms with Crippen LogP contribution in [0.25, 0.3) is 0 Å². The van der Waals surface area contributed by atoms with E-state index in [1.807, 2.05) is 0 Å². The highest BCUT2D eigenvalue weighted by Gasteiger charge is 2.14. The van der Waals surface area contributed by atoms with Crippen LogP contribution in [-0.2, 0) is 0 Å². The molecule has 1 aromatic carbocycles. The van der Waals surface area contributed by atoms with E-state index >= 15 is 0 Å². The summed E-state index contributed by atoms with van der Waals surface area (Å²) in [6, 6.07) is 4.91. The molecule has 0 N–H and O–H groups in total. The number of alkyl halides is 1. The summed E-state index contributed by atoms with van der Waals surface area (Å²) in [5.41, 5.74) is 0.869. The zero-order valence-corrected chi connectivity index (χ0v) is 9.28. The van der Waals surface area contributed by atoms with Gasteiger partial charge < -0.3 is 4.74 Å². The van der Waals surface area contributed by atoms with Crippen LogP contribution in [0.3, 0.4) is 0 Å². The molecule has 0 radical (unpaired) electrons. The van der Waals surface area contributed by atoms with Crippen LogP contribution in [0.4, 0.5) is 5.69 Å². The van der Waals surface area contributed by atoms with Gasteiger partial charge >= 0.3 is 5.69 Å². The van der Waals surface area contributed by atoms with Gasteiger partial charge in [0.25, 0.3) is 0 Å². The molecule has 76 valence electrons. The van der Waals surface area contributed by atoms with E-state index in [1.54, 1.807) is 19.1 Å². The maximum atomic E-state index is 10.7. The average Bonchev–Trinajstić information content (AvgIpc) is 2.15. The second-order valence-corrected chi connectivity index (χ2v) is 3.56. The van der Waals surface area contributed by atoms with Gasteiger partial charge in [0.1, 0.15) is 0 Å². The fourth-order valence-electron chi connectivity index (χ4n) is 1.04. The first kappa shape index (κ1) is 11.0. The van der Waals surface area contributed by atoms with Crippen molar-refractivity contribution in [3.63, 3.8) is 0 Å². The van der Waals surface area contributed by atoms with Crippen LogP contribution in [0.2, 0.25) is 0 Å². The predicted octanol–water partition coefficient (Wildman–Crippen LogP) is 2.68. The van der Waals surface area contributed by atoms with Crippen molar-refractivity contribution in [2.24, 2.45) is 0 Å². The number of benzene rings is 1. The fourth-order valence-corrected chi connectivity index (χ4v) is 1.20. The fraction of sp³-hybridized carbons (Fsp3) is 0.333. The highest BCUT2D eigenvalue weighted by molar-refractivity contribution is 9.09. The normalized spacial score (nSPS) is 9.86. The minimum Gasteiger partial charge on any atom is -0.486 e. The Balaban J connectivity index is 2.96. The molecule has 0 fully saturated rings. The lowest BCUT2D eigenvalue weighted by molar-refractivity contribution is -0.385. The maximum absolute atomic E-state index is 10.7. The summed E-state index contributed by atoms with van der Waals surface area (Å²) in [7, 11) is 0. The van der Waals surface area contributed by atoms with E-state index in [0.717, 1.165) is 5.56 Å². The van der Waals surface area contributed by atoms with E-state index in [1.165, 1.54) is 6.07 Å². The van der Waals surface area contributed by atoms with Crippen molar-refractivity contribution in [3.8, 4) is 5.75 Å². The van der Waals surface area contributed by atoms with Crippen molar-refractivity contribution in [1.29, 1.82) is 0 Å². The molecule has 0 amide bonds. The molecule has 5 heteroatoms. The van der Waals surface area contributed by atoms with Gasteiger partial charge in [-0.3, -0.25) is 10.1 Å². The minimum absolute atomic E-state index is 0.0194. The summed E-state index contributed by atoms with van der Waals surface area (Å²) in [5.74, 6) is 0.319. The monoisotopic (exact) mass is 259 g/mol. The predicted molar refractivity (Wildman–Crippen MR) is 57.1 cm³/mol. The second-order valence-electron chi connectivity index (χ2n) is 2.77. The van der Waals surface area contributed by atoms with Crippen LogP contribution in [0.15, 0.2) is 18.2 Å². The van der Waals surface area contributed by atoms with Crippen molar-refractivity contribution >= 4 is 21.6 Å². The molecule has 14 heavy (non-hydrogen) atoms. The molecular formula is C9H10BrNO3. The summed E-state index contributed by atoms with van der Waals surface area (Å²) in [5, 5.41) is 11.3. The van der Waals surface area contributed by atoms with Crippen molar-refractivity contribution < 1.29 is 9.66 Å². The number of nitrogens with zero attached hydrogens (tertiary/aromatic N) is 1. The molecule has 0 saturated carbocycles. The molecule has 0 spiro atoms. The highest BCUT2D eigenvalue weighted by atomic mass is 79.9. The summed E-state index contributed by atoms with van der Waals surface area (Å²) >= 11 is 3.19. The van der Waals surface area contributed by atoms with Gasteiger partial charge in [-0.2, -0.15) is 0 Å². The third-order valence-corrected chi connectivity index (χ3v) is 1.97. The Hall–Kier alpha value is -1.10. The third-order valence-electron chi connectivity index (χ3n) is 1.65. The molecule has 0 aromatic heterocycles. The van der Waals surface area contributed by atoms with E-state index < -0.39 is 4.92 Å². The van der Waals surface area contributed by atoms with Crippen LogP contribution in [0.1, 0.15) is 5.56 Å². The summed E-state index contributed by atoms with van der Waals surface area (Å²) in [6.07, 6.45) is 0. The van der Waals surface area contributed by atoms with Gasteiger partial charge in [0, 0.05) is 11.4 Å². The number of nitro groups is 1. The number of aryl methyl sites for hydroxylation is 1. The minimum atomic E-state index is -0.434. The molecule has 0 atom stereocenters. The van der Waals surface area contributed by atoms with Crippen LogP contribution in [-0.4, -0.2) is 16.9 Å². The maximum Gasteiger partial charge on any atom is 0.311 e. The van der Waals surface area contributed by atoms with E-state index in [9.17, 15) is 10.1 Å². The van der Waals surface area contributed by atoms with E-state index in [2.05, 4.69) is 15.9 Å². The highest BCUT2D eigenvalue weighted by Crippen LogP contribution is 2.27. The molecule has 0 saturated heterocycles. The Morgan fingerprint density at radius 2 is 2.29 bits per heavy atom. The molecule has 0 unspecified atom stereocenters. The van der Waals surface area contributed by atoms with Gasteiger partial charge in [-0.25, -0.2) is 0 Å². The van der Waals surface area contributed by atoms with Gasteiger partial charge in [0.15, 0.2) is 5.75 Å². The van der Waals surface area contributed by atoms with Crippen molar-refractivity contribution in [2.75, 3.05) is 11.9 Å². The van der Waals surface area contributed by atoms with E-state index in [-0.39, 0.29) is 5.69 Å². The first-order valence-electron chi connectivity index (χ1n) is 4.09. The zero-order chi connectivity index (χ0) is 10.6. The lowest BCUT2D eigenvalue weighted by atomic mass is 10.2. The third kappa shape index (κ3) is 2.70. The lowest BCUT2D eigenvalue weighted by Crippen LogP contribution is -2.01. The first-order valence-corrected chi connectivity index (χ1v) is 5.21. The number of hydrogen-bond donors (Lipinski definition) is 0. The van der Waals surface area contributed by atoms with Gasteiger partial charge in [-0.15, -0.1) is 0 Å². The molecule has 0 aliphatic rings. The van der Waals surface area contributed by atoms with Gasteiger partial charge in [0.05, 0.1) is 11.5 Å². The number of halogens is 1. The zero-order valence-electron chi connectivity index (χ0n) is 7.70. The van der Waals surface area contributed by atoms with Crippen LogP contribution >= 0.6 is 15.9 Å². The largest absolute Gasteiger partial charge is 0.486 e. The Morgan fingerprint density at radius 3 is 2.86 bits per heavy atom. The molecule has 0 aliphatic heterocycles. The van der Waals surface area contributed by atoms with Crippen molar-refractivity contribution in [3.05, 3.63) is 33.9 Å². The topological polar surface area (TPSA) is 52.4 Å². The number of ether oxygens (including phenoxy) is 1. The average molecular weight is 260 g/mol. The quantitative estimate of drug-likeness (QED) is 0.475.